The zero-order chi connectivity index (χ0) is 20.9. The van der Waals surface area contributed by atoms with E-state index < -0.39 is 80.5 Å². The lowest BCUT2D eigenvalue weighted by Gasteiger charge is -2.45. The summed E-state index contributed by atoms with van der Waals surface area (Å²) in [6.45, 7) is -0.0851. The van der Waals surface area contributed by atoms with Crippen LogP contribution < -0.4 is 11.5 Å². The molecule has 0 bridgehead atoms. The fourth-order valence-corrected chi connectivity index (χ4v) is 2.65. The van der Waals surface area contributed by atoms with Crippen LogP contribution in [0.5, 0.6) is 0 Å². The molecular weight excluding hydrogens is 372 g/mol. The summed E-state index contributed by atoms with van der Waals surface area (Å²) in [6.07, 6.45) is -10.5. The van der Waals surface area contributed by atoms with E-state index in [1.54, 1.807) is 0 Å². The molecule has 0 unspecified atom stereocenters. The van der Waals surface area contributed by atoms with E-state index in [1.165, 1.54) is 0 Å². The van der Waals surface area contributed by atoms with E-state index >= 15 is 0 Å². The number of hydrogen-bond donors (Lipinski definition) is 9. The average Bonchev–Trinajstić information content (AvgIpc) is 2.61. The molecule has 2 rings (SSSR count). The Morgan fingerprint density at radius 2 is 1.44 bits per heavy atom. The molecular formula is C14H28N2O11. The predicted octanol–water partition coefficient (Wildman–Crippen LogP) is -5.37. The van der Waals surface area contributed by atoms with Crippen LogP contribution in [0.1, 0.15) is 6.92 Å². The monoisotopic (exact) mass is 400 g/mol. The SMILES string of the molecule is CC(=O)O.N[C@@H]1[C@@H](O)[C@H](O[C@@H]2O[C@H](CO)[C@@H](O)[C@H](O)[C@H]2N)[C@@H](CO)O[C@H]1O. The maximum absolute atomic E-state index is 10.1. The highest BCUT2D eigenvalue weighted by molar-refractivity contribution is 5.62. The summed E-state index contributed by atoms with van der Waals surface area (Å²) in [6, 6.07) is -2.37. The van der Waals surface area contributed by atoms with Crippen LogP contribution in [0.4, 0.5) is 0 Å². The first-order valence-electron chi connectivity index (χ1n) is 8.16. The van der Waals surface area contributed by atoms with Gasteiger partial charge < -0.3 is 61.4 Å². The fraction of sp³-hybridized carbons (Fsp3) is 0.929. The molecule has 0 amide bonds. The summed E-state index contributed by atoms with van der Waals surface area (Å²) in [4.78, 5) is 9.00. The Kier molecular flexibility index (Phi) is 9.40. The quantitative estimate of drug-likeness (QED) is 0.214. The van der Waals surface area contributed by atoms with Gasteiger partial charge in [-0.2, -0.15) is 0 Å². The van der Waals surface area contributed by atoms with E-state index in [1.807, 2.05) is 0 Å². The zero-order valence-electron chi connectivity index (χ0n) is 14.6. The van der Waals surface area contributed by atoms with Crippen LogP contribution in [-0.4, -0.2) is 116 Å². The number of carboxylic acid groups (broad SMARTS) is 1. The van der Waals surface area contributed by atoms with Crippen LogP contribution in [-0.2, 0) is 19.0 Å². The minimum Gasteiger partial charge on any atom is -0.481 e. The third-order valence-corrected chi connectivity index (χ3v) is 4.14. The molecule has 0 aromatic rings. The molecule has 10 atom stereocenters. The number of nitrogens with two attached hydrogens (primary N) is 2. The minimum atomic E-state index is -1.49. The van der Waals surface area contributed by atoms with Crippen molar-refractivity contribution in [2.24, 2.45) is 11.5 Å². The summed E-state index contributed by atoms with van der Waals surface area (Å²) < 4.78 is 15.8. The third-order valence-electron chi connectivity index (χ3n) is 4.14. The minimum absolute atomic E-state index is 0.581. The number of carbonyl (C=O) groups is 1. The van der Waals surface area contributed by atoms with Crippen molar-refractivity contribution < 1.29 is 54.8 Å². The smallest absolute Gasteiger partial charge is 0.300 e. The Morgan fingerprint density at radius 1 is 0.926 bits per heavy atom. The van der Waals surface area contributed by atoms with Gasteiger partial charge in [0.15, 0.2) is 12.6 Å². The standard InChI is InChI=1S/C12H24N2O9.C2H4O2/c13-5-9(19)10(4(2-16)21-11(5)20)23-12-6(14)8(18)7(17)3(1-15)22-12;1-2(3)4/h3-12,15-20H,1-2,13-14H2;1H3,(H,3,4)/t3-,4-,5-,6-,7-,8-,9-,10-,11-,12+;/m1./s1. The molecule has 2 saturated heterocycles. The Morgan fingerprint density at radius 3 is 1.93 bits per heavy atom. The molecule has 0 aromatic heterocycles. The zero-order valence-corrected chi connectivity index (χ0v) is 14.6. The lowest BCUT2D eigenvalue weighted by Crippen LogP contribution is -2.67. The molecule has 2 aliphatic heterocycles. The molecule has 2 heterocycles. The molecule has 0 radical (unpaired) electrons. The van der Waals surface area contributed by atoms with Gasteiger partial charge in [-0.3, -0.25) is 4.79 Å². The van der Waals surface area contributed by atoms with Gasteiger partial charge in [0, 0.05) is 6.92 Å². The van der Waals surface area contributed by atoms with Crippen molar-refractivity contribution in [1.29, 1.82) is 0 Å². The lowest BCUT2D eigenvalue weighted by molar-refractivity contribution is -0.324. The fourth-order valence-electron chi connectivity index (χ4n) is 2.65. The number of ether oxygens (including phenoxy) is 3. The summed E-state index contributed by atoms with van der Waals surface area (Å²) in [5.41, 5.74) is 11.3. The van der Waals surface area contributed by atoms with Gasteiger partial charge in [0.2, 0.25) is 0 Å². The van der Waals surface area contributed by atoms with Crippen LogP contribution in [0, 0.1) is 0 Å². The molecule has 13 nitrogen and oxygen atoms in total. The highest BCUT2D eigenvalue weighted by Gasteiger charge is 2.49. The highest BCUT2D eigenvalue weighted by atomic mass is 16.7. The molecule has 0 aliphatic carbocycles. The molecule has 11 N–H and O–H groups in total. The Hall–Kier alpha value is -0.970. The van der Waals surface area contributed by atoms with Crippen molar-refractivity contribution in [2.45, 2.75) is 68.2 Å². The van der Waals surface area contributed by atoms with Crippen LogP contribution in [0.3, 0.4) is 0 Å². The van der Waals surface area contributed by atoms with E-state index in [0.29, 0.717) is 0 Å². The van der Waals surface area contributed by atoms with Crippen LogP contribution in [0.15, 0.2) is 0 Å². The molecule has 13 heteroatoms. The normalized spacial score (nSPS) is 44.9. The van der Waals surface area contributed by atoms with Crippen molar-refractivity contribution in [3.8, 4) is 0 Å². The average molecular weight is 400 g/mol. The van der Waals surface area contributed by atoms with Gasteiger partial charge in [-0.15, -0.1) is 0 Å². The van der Waals surface area contributed by atoms with Gasteiger partial charge in [0.25, 0.3) is 5.97 Å². The van der Waals surface area contributed by atoms with Crippen LogP contribution in [0.2, 0.25) is 0 Å². The van der Waals surface area contributed by atoms with E-state index in [4.69, 9.17) is 40.7 Å². The number of aliphatic hydroxyl groups is 6. The number of aliphatic hydroxyl groups excluding tert-OH is 6. The van der Waals surface area contributed by atoms with Crippen molar-refractivity contribution >= 4 is 5.97 Å². The van der Waals surface area contributed by atoms with E-state index in [0.717, 1.165) is 6.92 Å². The summed E-state index contributed by atoms with van der Waals surface area (Å²) in [5.74, 6) is -0.833. The predicted molar refractivity (Wildman–Crippen MR) is 85.9 cm³/mol. The summed E-state index contributed by atoms with van der Waals surface area (Å²) >= 11 is 0. The first-order chi connectivity index (χ1) is 12.5. The first-order valence-corrected chi connectivity index (χ1v) is 8.16. The number of hydrogen-bond acceptors (Lipinski definition) is 12. The van der Waals surface area contributed by atoms with Gasteiger partial charge in [-0.1, -0.05) is 0 Å². The highest BCUT2D eigenvalue weighted by Crippen LogP contribution is 2.27. The second-order valence-corrected chi connectivity index (χ2v) is 6.22. The Labute approximate surface area is 154 Å². The lowest BCUT2D eigenvalue weighted by atomic mass is 9.95. The number of carboxylic acids is 1. The summed E-state index contributed by atoms with van der Waals surface area (Å²) in [5, 5.41) is 65.1. The van der Waals surface area contributed by atoms with Crippen molar-refractivity contribution in [2.75, 3.05) is 13.2 Å². The summed E-state index contributed by atoms with van der Waals surface area (Å²) in [7, 11) is 0. The molecule has 27 heavy (non-hydrogen) atoms. The molecule has 0 aromatic carbocycles. The van der Waals surface area contributed by atoms with Gasteiger partial charge in [-0.25, -0.2) is 0 Å². The second-order valence-electron chi connectivity index (χ2n) is 6.22. The molecule has 2 aliphatic rings. The van der Waals surface area contributed by atoms with Crippen molar-refractivity contribution in [3.63, 3.8) is 0 Å². The molecule has 0 spiro atoms. The van der Waals surface area contributed by atoms with E-state index in [2.05, 4.69) is 0 Å². The maximum Gasteiger partial charge on any atom is 0.300 e. The van der Waals surface area contributed by atoms with Crippen molar-refractivity contribution in [1.82, 2.24) is 0 Å². The van der Waals surface area contributed by atoms with Gasteiger partial charge in [0.05, 0.1) is 25.3 Å². The Bertz CT molecular complexity index is 462. The van der Waals surface area contributed by atoms with Gasteiger partial charge in [-0.05, 0) is 0 Å². The molecule has 0 saturated carbocycles. The van der Waals surface area contributed by atoms with Gasteiger partial charge in [0.1, 0.15) is 36.6 Å². The van der Waals surface area contributed by atoms with E-state index in [9.17, 15) is 25.5 Å². The maximum atomic E-state index is 10.1. The van der Waals surface area contributed by atoms with Gasteiger partial charge >= 0.3 is 0 Å². The molecule has 160 valence electrons. The van der Waals surface area contributed by atoms with Crippen molar-refractivity contribution in [3.05, 3.63) is 0 Å². The second kappa shape index (κ2) is 10.5. The third kappa shape index (κ3) is 6.00. The van der Waals surface area contributed by atoms with Crippen LogP contribution >= 0.6 is 0 Å². The Balaban J connectivity index is 0.000000828. The number of rotatable bonds is 4. The topological polar surface area (TPSA) is 238 Å². The number of aliphatic carboxylic acids is 1. The largest absolute Gasteiger partial charge is 0.481 e. The van der Waals surface area contributed by atoms with E-state index in [-0.39, 0.29) is 0 Å². The van der Waals surface area contributed by atoms with Crippen LogP contribution in [0.25, 0.3) is 0 Å². The first kappa shape index (κ1) is 24.1. The molecule has 2 fully saturated rings.